The zero-order valence-electron chi connectivity index (χ0n) is 24.3. The van der Waals surface area contributed by atoms with Gasteiger partial charge in [0.25, 0.3) is 0 Å². The summed E-state index contributed by atoms with van der Waals surface area (Å²) in [5.41, 5.74) is 8.76. The summed E-state index contributed by atoms with van der Waals surface area (Å²) < 4.78 is 7.97. The van der Waals surface area contributed by atoms with Gasteiger partial charge in [-0.2, -0.15) is 0 Å². The van der Waals surface area contributed by atoms with Gasteiger partial charge >= 0.3 is 0 Å². The van der Waals surface area contributed by atoms with Crippen LogP contribution in [0.1, 0.15) is 76.5 Å². The van der Waals surface area contributed by atoms with E-state index < -0.39 is 5.60 Å². The minimum Gasteiger partial charge on any atom is -0.496 e. The SMILES string of the molecule is C=C(C)/C=C\C(=C/C)CCc1ccc(Cn2cnc3cc(C4=CC5(O)CCCC4C5)ccc32)cc1OC.CC. The molecule has 5 rings (SSSR count). The first kappa shape index (κ1) is 28.6. The number of hydrogen-bond acceptors (Lipinski definition) is 3. The minimum absolute atomic E-state index is 0.468. The van der Waals surface area contributed by atoms with Crippen LogP contribution < -0.4 is 4.74 Å². The third-order valence-electron chi connectivity index (χ3n) is 7.92. The fourth-order valence-corrected chi connectivity index (χ4v) is 5.92. The third-order valence-corrected chi connectivity index (χ3v) is 7.92. The Bertz CT molecular complexity index is 1410. The van der Waals surface area contributed by atoms with E-state index >= 15 is 0 Å². The number of methoxy groups -OCH3 is 1. The van der Waals surface area contributed by atoms with E-state index in [4.69, 9.17) is 9.72 Å². The molecule has 0 radical (unpaired) electrons. The van der Waals surface area contributed by atoms with Crippen molar-refractivity contribution in [3.63, 3.8) is 0 Å². The van der Waals surface area contributed by atoms with Gasteiger partial charge in [0, 0.05) is 6.54 Å². The van der Waals surface area contributed by atoms with Gasteiger partial charge in [-0.05, 0) is 105 Å². The van der Waals surface area contributed by atoms with Crippen molar-refractivity contribution in [2.75, 3.05) is 7.11 Å². The van der Waals surface area contributed by atoms with Gasteiger partial charge in [0.1, 0.15) is 5.75 Å². The minimum atomic E-state index is -0.604. The van der Waals surface area contributed by atoms with Crippen LogP contribution in [0.15, 0.2) is 84.8 Å². The highest BCUT2D eigenvalue weighted by atomic mass is 16.5. The molecule has 206 valence electrons. The molecule has 1 aromatic heterocycles. The smallest absolute Gasteiger partial charge is 0.122 e. The summed E-state index contributed by atoms with van der Waals surface area (Å²) >= 11 is 0. The van der Waals surface area contributed by atoms with Gasteiger partial charge in [-0.3, -0.25) is 0 Å². The number of aromatic nitrogens is 2. The summed E-state index contributed by atoms with van der Waals surface area (Å²) in [5, 5.41) is 10.8. The standard InChI is InChI=1S/C33H38N2O2.C2H6/c1-5-24(9-8-23(2)3)10-12-26-13-11-25(17-32(26)37-4)21-35-22-34-30-18-27(14-15-31(30)35)29-20-33(36)16-6-7-28(29)19-33;1-2/h5,8-9,11,13-15,17-18,20,22,28,36H,2,6-7,10,12,16,19,21H2,1,3-4H3;1-2H3/b9-8-,24-5+;. The highest BCUT2D eigenvalue weighted by Gasteiger charge is 2.40. The maximum Gasteiger partial charge on any atom is 0.122 e. The largest absolute Gasteiger partial charge is 0.496 e. The molecule has 1 saturated carbocycles. The Labute approximate surface area is 234 Å². The molecule has 0 amide bonds. The van der Waals surface area contributed by atoms with E-state index in [1.54, 1.807) is 7.11 Å². The van der Waals surface area contributed by atoms with Gasteiger partial charge < -0.3 is 14.4 Å². The second kappa shape index (κ2) is 12.7. The van der Waals surface area contributed by atoms with Gasteiger partial charge in [-0.1, -0.05) is 68.0 Å². The number of fused-ring (bicyclic) bond motifs is 3. The number of hydrogen-bond donors (Lipinski definition) is 1. The highest BCUT2D eigenvalue weighted by molar-refractivity contribution is 5.82. The summed E-state index contributed by atoms with van der Waals surface area (Å²) in [6.45, 7) is 12.8. The normalized spacial score (nSPS) is 20.6. The second-order valence-electron chi connectivity index (χ2n) is 10.8. The van der Waals surface area contributed by atoms with E-state index in [9.17, 15) is 5.11 Å². The number of aryl methyl sites for hydroxylation is 1. The number of ether oxygens (including phenoxy) is 1. The molecule has 2 unspecified atom stereocenters. The van der Waals surface area contributed by atoms with Crippen molar-refractivity contribution in [1.82, 2.24) is 9.55 Å². The van der Waals surface area contributed by atoms with Crippen molar-refractivity contribution in [2.45, 2.75) is 78.4 Å². The van der Waals surface area contributed by atoms with Gasteiger partial charge in [0.15, 0.2) is 0 Å². The maximum absolute atomic E-state index is 10.8. The number of benzene rings is 2. The Hall–Kier alpha value is -3.37. The monoisotopic (exact) mass is 524 g/mol. The molecular weight excluding hydrogens is 480 g/mol. The molecule has 4 heteroatoms. The summed E-state index contributed by atoms with van der Waals surface area (Å²) in [4.78, 5) is 4.72. The molecule has 0 aliphatic heterocycles. The number of allylic oxidation sites excluding steroid dienone is 6. The molecule has 3 aromatic rings. The molecule has 2 aliphatic carbocycles. The lowest BCUT2D eigenvalue weighted by atomic mass is 9.82. The predicted octanol–water partition coefficient (Wildman–Crippen LogP) is 8.45. The van der Waals surface area contributed by atoms with Crippen LogP contribution in [-0.4, -0.2) is 27.4 Å². The fourth-order valence-electron chi connectivity index (χ4n) is 5.92. The van der Waals surface area contributed by atoms with E-state index in [-0.39, 0.29) is 0 Å². The van der Waals surface area contributed by atoms with E-state index in [0.717, 1.165) is 61.0 Å². The maximum atomic E-state index is 10.8. The predicted molar refractivity (Wildman–Crippen MR) is 164 cm³/mol. The van der Waals surface area contributed by atoms with Crippen molar-refractivity contribution in [3.05, 3.63) is 101 Å². The average Bonchev–Trinajstić information content (AvgIpc) is 3.45. The van der Waals surface area contributed by atoms with Crippen molar-refractivity contribution >= 4 is 16.6 Å². The number of nitrogens with zero attached hydrogens (tertiary/aromatic N) is 2. The molecule has 1 heterocycles. The Morgan fingerprint density at radius 3 is 2.74 bits per heavy atom. The van der Waals surface area contributed by atoms with E-state index in [1.165, 1.54) is 34.3 Å². The summed E-state index contributed by atoms with van der Waals surface area (Å²) in [7, 11) is 1.75. The van der Waals surface area contributed by atoms with Crippen LogP contribution in [-0.2, 0) is 13.0 Å². The molecule has 1 fully saturated rings. The van der Waals surface area contributed by atoms with Crippen LogP contribution >= 0.6 is 0 Å². The molecule has 4 nitrogen and oxygen atoms in total. The second-order valence-corrected chi connectivity index (χ2v) is 10.8. The lowest BCUT2D eigenvalue weighted by molar-refractivity contribution is 0.0511. The molecule has 2 aliphatic rings. The molecule has 2 atom stereocenters. The van der Waals surface area contributed by atoms with Gasteiger partial charge in [0.2, 0.25) is 0 Å². The van der Waals surface area contributed by atoms with E-state index in [2.05, 4.69) is 78.8 Å². The quantitative estimate of drug-likeness (QED) is 0.286. The summed E-state index contributed by atoms with van der Waals surface area (Å²) in [5.74, 6) is 1.40. The zero-order chi connectivity index (χ0) is 28.0. The van der Waals surface area contributed by atoms with Gasteiger partial charge in [-0.25, -0.2) is 4.98 Å². The molecular formula is C35H44N2O2. The number of aliphatic hydroxyl groups is 1. The average molecular weight is 525 g/mol. The number of rotatable bonds is 9. The Balaban J connectivity index is 0.00000172. The van der Waals surface area contributed by atoms with Crippen LogP contribution in [0.3, 0.4) is 0 Å². The third kappa shape index (κ3) is 6.62. The summed E-state index contributed by atoms with van der Waals surface area (Å²) in [6, 6.07) is 13.1. The van der Waals surface area contributed by atoms with Gasteiger partial charge in [0.05, 0.1) is 30.1 Å². The van der Waals surface area contributed by atoms with E-state index in [0.29, 0.717) is 5.92 Å². The van der Waals surface area contributed by atoms with Crippen molar-refractivity contribution < 1.29 is 9.84 Å². The molecule has 0 saturated heterocycles. The van der Waals surface area contributed by atoms with Crippen molar-refractivity contribution in [3.8, 4) is 5.75 Å². The molecule has 2 bridgehead atoms. The summed E-state index contributed by atoms with van der Waals surface area (Å²) in [6.07, 6.45) is 16.3. The van der Waals surface area contributed by atoms with E-state index in [1.807, 2.05) is 27.1 Å². The van der Waals surface area contributed by atoms with Crippen LogP contribution in [0.2, 0.25) is 0 Å². The molecule has 0 spiro atoms. The fraction of sp³-hybridized carbons (Fsp3) is 0.400. The van der Waals surface area contributed by atoms with Crippen LogP contribution in [0, 0.1) is 5.92 Å². The lowest BCUT2D eigenvalue weighted by Gasteiger charge is -2.27. The van der Waals surface area contributed by atoms with Crippen LogP contribution in [0.5, 0.6) is 5.75 Å². The first-order valence-corrected chi connectivity index (χ1v) is 14.4. The lowest BCUT2D eigenvalue weighted by Crippen LogP contribution is -2.27. The first-order chi connectivity index (χ1) is 18.9. The van der Waals surface area contributed by atoms with Crippen molar-refractivity contribution in [2.24, 2.45) is 5.92 Å². The zero-order valence-corrected chi connectivity index (χ0v) is 24.3. The molecule has 2 aromatic carbocycles. The topological polar surface area (TPSA) is 47.3 Å². The highest BCUT2D eigenvalue weighted by Crippen LogP contribution is 2.48. The Kier molecular flexibility index (Phi) is 9.29. The molecule has 1 N–H and O–H groups in total. The first-order valence-electron chi connectivity index (χ1n) is 14.4. The van der Waals surface area contributed by atoms with Crippen LogP contribution in [0.4, 0.5) is 0 Å². The Morgan fingerprint density at radius 1 is 1.21 bits per heavy atom. The van der Waals surface area contributed by atoms with Crippen molar-refractivity contribution in [1.29, 1.82) is 0 Å². The van der Waals surface area contributed by atoms with Gasteiger partial charge in [-0.15, -0.1) is 0 Å². The Morgan fingerprint density at radius 2 is 2.03 bits per heavy atom. The molecule has 39 heavy (non-hydrogen) atoms. The van der Waals surface area contributed by atoms with Crippen LogP contribution in [0.25, 0.3) is 16.6 Å². The number of imidazole rings is 1.